The molecule has 0 aliphatic rings. The number of rotatable bonds is 6. The van der Waals surface area contributed by atoms with E-state index in [1.165, 1.54) is 5.56 Å². The van der Waals surface area contributed by atoms with Gasteiger partial charge in [-0.3, -0.25) is 4.79 Å². The monoisotopic (exact) mass is 307 g/mol. The Labute approximate surface area is 129 Å². The topological polar surface area (TPSA) is 42.7 Å². The zero-order chi connectivity index (χ0) is 15.2. The molecule has 0 radical (unpaired) electrons. The molecule has 2 aromatic rings. The number of halogens is 1. The second-order valence-electron chi connectivity index (χ2n) is 4.79. The number of benzene rings is 1. The molecule has 0 unspecified atom stereocenters. The van der Waals surface area contributed by atoms with Crippen LogP contribution in [0.5, 0.6) is 5.75 Å². The molecule has 0 aliphatic carbocycles. The molecule has 0 atom stereocenters. The zero-order valence-corrected chi connectivity index (χ0v) is 12.9. The van der Waals surface area contributed by atoms with Crippen LogP contribution in [0.1, 0.15) is 21.9 Å². The highest BCUT2D eigenvalue weighted by Crippen LogP contribution is 2.13. The van der Waals surface area contributed by atoms with E-state index in [1.807, 2.05) is 31.2 Å². The third-order valence-corrected chi connectivity index (χ3v) is 3.33. The van der Waals surface area contributed by atoms with Crippen LogP contribution in [0, 0.1) is 6.92 Å². The summed E-state index contributed by atoms with van der Waals surface area (Å²) in [4.78, 5) is 13.7. The third-order valence-electron chi connectivity index (χ3n) is 3.07. The number of carbonyl (C=O) groups is 1. The molecule has 1 amide bonds. The van der Waals surface area contributed by atoms with Crippen molar-refractivity contribution in [2.24, 2.45) is 0 Å². The first kappa shape index (κ1) is 15.4. The molecule has 0 saturated carbocycles. The Morgan fingerprint density at radius 2 is 1.95 bits per heavy atom. The molecule has 1 aromatic carbocycles. The van der Waals surface area contributed by atoms with Gasteiger partial charge in [0.25, 0.3) is 5.91 Å². The first-order chi connectivity index (χ1) is 10.1. The van der Waals surface area contributed by atoms with Gasteiger partial charge in [-0.2, -0.15) is 0 Å². The van der Waals surface area contributed by atoms with Crippen LogP contribution < -0.4 is 4.74 Å². The highest BCUT2D eigenvalue weighted by molar-refractivity contribution is 6.16. The Bertz CT molecular complexity index is 592. The molecular weight excluding hydrogens is 290 g/mol. The molecule has 1 heterocycles. The van der Waals surface area contributed by atoms with Crippen LogP contribution >= 0.6 is 11.6 Å². The number of hydrogen-bond donors (Lipinski definition) is 0. The number of amides is 1. The van der Waals surface area contributed by atoms with Crippen LogP contribution in [-0.2, 0) is 5.88 Å². The molecule has 0 bridgehead atoms. The molecule has 0 saturated heterocycles. The number of carbonyl (C=O) groups excluding carboxylic acids is 1. The number of alkyl halides is 1. The van der Waals surface area contributed by atoms with Gasteiger partial charge in [0.05, 0.1) is 12.4 Å². The molecule has 21 heavy (non-hydrogen) atoms. The second-order valence-corrected chi connectivity index (χ2v) is 5.06. The van der Waals surface area contributed by atoms with Crippen molar-refractivity contribution < 1.29 is 13.9 Å². The highest BCUT2D eigenvalue weighted by Gasteiger charge is 2.15. The number of likely N-dealkylation sites (N-methyl/N-ethyl adjacent to an activating group) is 1. The normalized spacial score (nSPS) is 10.4. The predicted molar refractivity (Wildman–Crippen MR) is 81.9 cm³/mol. The third kappa shape index (κ3) is 4.26. The number of ether oxygens (including phenoxy) is 1. The van der Waals surface area contributed by atoms with Crippen molar-refractivity contribution in [1.82, 2.24) is 4.90 Å². The molecular formula is C16H18ClNO3. The Morgan fingerprint density at radius 1 is 1.24 bits per heavy atom. The van der Waals surface area contributed by atoms with Gasteiger partial charge in [-0.1, -0.05) is 17.7 Å². The lowest BCUT2D eigenvalue weighted by Crippen LogP contribution is -2.30. The van der Waals surface area contributed by atoms with Crippen LogP contribution in [0.2, 0.25) is 0 Å². The number of aryl methyl sites for hydroxylation is 1. The quantitative estimate of drug-likeness (QED) is 0.767. The summed E-state index contributed by atoms with van der Waals surface area (Å²) in [5, 5.41) is 0. The Kier molecular flexibility index (Phi) is 5.28. The molecule has 1 aromatic heterocycles. The maximum absolute atomic E-state index is 12.1. The number of hydrogen-bond acceptors (Lipinski definition) is 3. The zero-order valence-electron chi connectivity index (χ0n) is 12.1. The van der Waals surface area contributed by atoms with Crippen molar-refractivity contribution >= 4 is 17.5 Å². The Morgan fingerprint density at radius 3 is 2.57 bits per heavy atom. The minimum Gasteiger partial charge on any atom is -0.492 e. The molecule has 5 heteroatoms. The Hall–Kier alpha value is -1.94. The van der Waals surface area contributed by atoms with Gasteiger partial charge in [0, 0.05) is 7.05 Å². The van der Waals surface area contributed by atoms with Crippen LogP contribution in [0.15, 0.2) is 40.8 Å². The van der Waals surface area contributed by atoms with Crippen molar-refractivity contribution in [2.45, 2.75) is 12.8 Å². The van der Waals surface area contributed by atoms with Gasteiger partial charge >= 0.3 is 0 Å². The van der Waals surface area contributed by atoms with E-state index in [2.05, 4.69) is 0 Å². The summed E-state index contributed by atoms with van der Waals surface area (Å²) in [6, 6.07) is 11.1. The molecule has 0 aliphatic heterocycles. The molecule has 4 nitrogen and oxygen atoms in total. The molecule has 2 rings (SSSR count). The van der Waals surface area contributed by atoms with Crippen molar-refractivity contribution in [3.8, 4) is 5.75 Å². The number of furan rings is 1. The van der Waals surface area contributed by atoms with Crippen LogP contribution in [-0.4, -0.2) is 31.0 Å². The molecule has 0 spiro atoms. The lowest BCUT2D eigenvalue weighted by molar-refractivity contribution is 0.0741. The standard InChI is InChI=1S/C16H18ClNO3/c1-12-3-5-13(6-4-12)20-10-9-18(2)16(19)15-8-7-14(11-17)21-15/h3-8H,9-11H2,1-2H3. The Balaban J connectivity index is 1.82. The summed E-state index contributed by atoms with van der Waals surface area (Å²) in [7, 11) is 1.71. The fourth-order valence-electron chi connectivity index (χ4n) is 1.79. The van der Waals surface area contributed by atoms with E-state index in [-0.39, 0.29) is 11.8 Å². The van der Waals surface area contributed by atoms with Gasteiger partial charge in [0.1, 0.15) is 18.1 Å². The summed E-state index contributed by atoms with van der Waals surface area (Å²) in [5.41, 5.74) is 1.18. The minimum absolute atomic E-state index is 0.182. The molecule has 112 valence electrons. The van der Waals surface area contributed by atoms with E-state index in [4.69, 9.17) is 20.8 Å². The summed E-state index contributed by atoms with van der Waals surface area (Å²) in [6.07, 6.45) is 0. The van der Waals surface area contributed by atoms with E-state index in [9.17, 15) is 4.79 Å². The number of nitrogens with zero attached hydrogens (tertiary/aromatic N) is 1. The average Bonchev–Trinajstić information content (AvgIpc) is 2.97. The van der Waals surface area contributed by atoms with E-state index >= 15 is 0 Å². The summed E-state index contributed by atoms with van der Waals surface area (Å²) >= 11 is 5.65. The van der Waals surface area contributed by atoms with Gasteiger partial charge in [0.15, 0.2) is 5.76 Å². The summed E-state index contributed by atoms with van der Waals surface area (Å²) < 4.78 is 10.9. The van der Waals surface area contributed by atoms with Crippen LogP contribution in [0.4, 0.5) is 0 Å². The molecule has 0 N–H and O–H groups in total. The summed E-state index contributed by atoms with van der Waals surface area (Å²) in [6.45, 7) is 2.92. The fraction of sp³-hybridized carbons (Fsp3) is 0.312. The lowest BCUT2D eigenvalue weighted by Gasteiger charge is -2.16. The molecule has 0 fully saturated rings. The predicted octanol–water partition coefficient (Wildman–Crippen LogP) is 3.48. The van der Waals surface area contributed by atoms with Gasteiger partial charge in [-0.25, -0.2) is 0 Å². The van der Waals surface area contributed by atoms with Gasteiger partial charge in [-0.15, -0.1) is 11.6 Å². The average molecular weight is 308 g/mol. The van der Waals surface area contributed by atoms with Crippen LogP contribution in [0.25, 0.3) is 0 Å². The maximum Gasteiger partial charge on any atom is 0.289 e. The van der Waals surface area contributed by atoms with Gasteiger partial charge in [-0.05, 0) is 31.2 Å². The van der Waals surface area contributed by atoms with Crippen molar-refractivity contribution in [3.63, 3.8) is 0 Å². The minimum atomic E-state index is -0.182. The van der Waals surface area contributed by atoms with Crippen molar-refractivity contribution in [3.05, 3.63) is 53.5 Å². The van der Waals surface area contributed by atoms with E-state index in [1.54, 1.807) is 24.1 Å². The summed E-state index contributed by atoms with van der Waals surface area (Å²) in [5.74, 6) is 1.75. The van der Waals surface area contributed by atoms with E-state index in [0.717, 1.165) is 5.75 Å². The first-order valence-electron chi connectivity index (χ1n) is 6.70. The van der Waals surface area contributed by atoms with E-state index in [0.29, 0.717) is 24.7 Å². The van der Waals surface area contributed by atoms with E-state index < -0.39 is 0 Å². The van der Waals surface area contributed by atoms with Crippen LogP contribution in [0.3, 0.4) is 0 Å². The van der Waals surface area contributed by atoms with Gasteiger partial charge in [0.2, 0.25) is 0 Å². The van der Waals surface area contributed by atoms with Crippen molar-refractivity contribution in [1.29, 1.82) is 0 Å². The maximum atomic E-state index is 12.1. The smallest absolute Gasteiger partial charge is 0.289 e. The SMILES string of the molecule is Cc1ccc(OCCN(C)C(=O)c2ccc(CCl)o2)cc1. The highest BCUT2D eigenvalue weighted by atomic mass is 35.5. The lowest BCUT2D eigenvalue weighted by atomic mass is 10.2. The first-order valence-corrected chi connectivity index (χ1v) is 7.23. The van der Waals surface area contributed by atoms with Gasteiger partial charge < -0.3 is 14.1 Å². The largest absolute Gasteiger partial charge is 0.492 e. The van der Waals surface area contributed by atoms with Crippen molar-refractivity contribution in [2.75, 3.05) is 20.2 Å². The second kappa shape index (κ2) is 7.18. The fourth-order valence-corrected chi connectivity index (χ4v) is 1.93.